The van der Waals surface area contributed by atoms with E-state index >= 15 is 0 Å². The van der Waals surface area contributed by atoms with Crippen molar-refractivity contribution in [3.63, 3.8) is 0 Å². The third kappa shape index (κ3) is 5.25. The SMILES string of the molecule is CC(C)(Br)Oc1cccc(OC(F)(F)F)c1. The first kappa shape index (κ1) is 13.2. The number of halogens is 4. The molecule has 2 nitrogen and oxygen atoms in total. The lowest BCUT2D eigenvalue weighted by molar-refractivity contribution is -0.274. The Morgan fingerprint density at radius 3 is 2.00 bits per heavy atom. The summed E-state index contributed by atoms with van der Waals surface area (Å²) in [6, 6.07) is 5.36. The normalized spacial score (nSPS) is 12.4. The number of benzene rings is 1. The van der Waals surface area contributed by atoms with Gasteiger partial charge in [-0.05, 0) is 41.9 Å². The van der Waals surface area contributed by atoms with Gasteiger partial charge in [0.25, 0.3) is 0 Å². The van der Waals surface area contributed by atoms with Crippen LogP contribution in [0.2, 0.25) is 0 Å². The fourth-order valence-electron chi connectivity index (χ4n) is 1.02. The summed E-state index contributed by atoms with van der Waals surface area (Å²) in [6.07, 6.45) is -4.69. The Morgan fingerprint density at radius 2 is 1.56 bits per heavy atom. The van der Waals surface area contributed by atoms with Crippen molar-refractivity contribution in [2.75, 3.05) is 0 Å². The molecule has 1 aromatic rings. The first-order valence-electron chi connectivity index (χ1n) is 4.39. The summed E-state index contributed by atoms with van der Waals surface area (Å²) in [5.41, 5.74) is 0. The average molecular weight is 299 g/mol. The van der Waals surface area contributed by atoms with E-state index in [-0.39, 0.29) is 5.75 Å². The quantitative estimate of drug-likeness (QED) is 0.782. The summed E-state index contributed by atoms with van der Waals surface area (Å²) < 4.78 is 44.3. The molecule has 0 heterocycles. The van der Waals surface area contributed by atoms with Crippen LogP contribution < -0.4 is 9.47 Å². The van der Waals surface area contributed by atoms with Gasteiger partial charge in [0.05, 0.1) is 0 Å². The van der Waals surface area contributed by atoms with Crippen molar-refractivity contribution in [3.8, 4) is 11.5 Å². The first-order valence-corrected chi connectivity index (χ1v) is 5.19. The van der Waals surface area contributed by atoms with E-state index in [4.69, 9.17) is 4.74 Å². The zero-order valence-corrected chi connectivity index (χ0v) is 10.2. The Labute approximate surface area is 99.5 Å². The predicted molar refractivity (Wildman–Crippen MR) is 56.8 cm³/mol. The third-order valence-corrected chi connectivity index (χ3v) is 1.56. The molecule has 0 aliphatic carbocycles. The maximum Gasteiger partial charge on any atom is 0.573 e. The van der Waals surface area contributed by atoms with Crippen LogP contribution in [-0.2, 0) is 0 Å². The van der Waals surface area contributed by atoms with Crippen LogP contribution >= 0.6 is 15.9 Å². The van der Waals surface area contributed by atoms with Crippen molar-refractivity contribution < 1.29 is 22.6 Å². The van der Waals surface area contributed by atoms with Crippen molar-refractivity contribution in [3.05, 3.63) is 24.3 Å². The highest BCUT2D eigenvalue weighted by Crippen LogP contribution is 2.29. The van der Waals surface area contributed by atoms with Gasteiger partial charge in [0.15, 0.2) is 4.51 Å². The van der Waals surface area contributed by atoms with Crippen molar-refractivity contribution in [1.29, 1.82) is 0 Å². The molecule has 0 unspecified atom stereocenters. The highest BCUT2D eigenvalue weighted by Gasteiger charge is 2.31. The molecular weight excluding hydrogens is 289 g/mol. The summed E-state index contributed by atoms with van der Waals surface area (Å²) >= 11 is 3.22. The first-order chi connectivity index (χ1) is 7.16. The number of hydrogen-bond acceptors (Lipinski definition) is 2. The molecule has 0 radical (unpaired) electrons. The van der Waals surface area contributed by atoms with E-state index in [1.807, 2.05) is 0 Å². The summed E-state index contributed by atoms with van der Waals surface area (Å²) in [7, 11) is 0. The van der Waals surface area contributed by atoms with Crippen molar-refractivity contribution in [1.82, 2.24) is 0 Å². The van der Waals surface area contributed by atoms with Gasteiger partial charge in [0.2, 0.25) is 0 Å². The Bertz CT molecular complexity index is 327. The Kier molecular flexibility index (Phi) is 3.72. The average Bonchev–Trinajstić information content (AvgIpc) is 1.96. The number of hydrogen-bond donors (Lipinski definition) is 0. The van der Waals surface area contributed by atoms with Crippen molar-refractivity contribution in [2.24, 2.45) is 0 Å². The maximum absolute atomic E-state index is 11.9. The molecule has 0 bridgehead atoms. The largest absolute Gasteiger partial charge is 0.573 e. The number of rotatable bonds is 3. The van der Waals surface area contributed by atoms with Crippen LogP contribution in [0.25, 0.3) is 0 Å². The molecule has 0 atom stereocenters. The van der Waals surface area contributed by atoms with E-state index in [0.717, 1.165) is 0 Å². The zero-order valence-electron chi connectivity index (χ0n) is 8.64. The zero-order chi connectivity index (χ0) is 12.4. The van der Waals surface area contributed by atoms with Crippen LogP contribution in [0.3, 0.4) is 0 Å². The Balaban J connectivity index is 2.79. The second-order valence-electron chi connectivity index (χ2n) is 3.49. The maximum atomic E-state index is 11.9. The van der Waals surface area contributed by atoms with Gasteiger partial charge in [0.1, 0.15) is 11.5 Å². The van der Waals surface area contributed by atoms with Crippen molar-refractivity contribution >= 4 is 15.9 Å². The minimum Gasteiger partial charge on any atom is -0.477 e. The van der Waals surface area contributed by atoms with Crippen LogP contribution in [-0.4, -0.2) is 10.9 Å². The van der Waals surface area contributed by atoms with Crippen LogP contribution in [0.4, 0.5) is 13.2 Å². The van der Waals surface area contributed by atoms with E-state index < -0.39 is 10.9 Å². The van der Waals surface area contributed by atoms with Gasteiger partial charge in [-0.25, -0.2) is 0 Å². The van der Waals surface area contributed by atoms with Gasteiger partial charge in [0, 0.05) is 6.07 Å². The molecule has 1 rings (SSSR count). The minimum atomic E-state index is -4.69. The fourth-order valence-corrected chi connectivity index (χ4v) is 1.20. The molecule has 0 aliphatic rings. The van der Waals surface area contributed by atoms with E-state index in [9.17, 15) is 13.2 Å². The van der Waals surface area contributed by atoms with Crippen LogP contribution in [0.15, 0.2) is 24.3 Å². The van der Waals surface area contributed by atoms with Gasteiger partial charge < -0.3 is 9.47 Å². The minimum absolute atomic E-state index is 0.295. The molecule has 0 aliphatic heterocycles. The molecule has 90 valence electrons. The molecular formula is C10H10BrF3O2. The molecule has 0 aromatic heterocycles. The standard InChI is InChI=1S/C10H10BrF3O2/c1-9(2,11)15-7-4-3-5-8(6-7)16-10(12,13)14/h3-6H,1-2H3. The summed E-state index contributed by atoms with van der Waals surface area (Å²) in [6.45, 7) is 3.45. The predicted octanol–water partition coefficient (Wildman–Crippen LogP) is 4.10. The van der Waals surface area contributed by atoms with E-state index in [1.54, 1.807) is 19.9 Å². The van der Waals surface area contributed by atoms with E-state index in [2.05, 4.69) is 20.7 Å². The lowest BCUT2D eigenvalue weighted by Crippen LogP contribution is -2.19. The summed E-state index contributed by atoms with van der Waals surface area (Å²) in [5.74, 6) is -0.00891. The molecule has 0 amide bonds. The van der Waals surface area contributed by atoms with E-state index in [1.165, 1.54) is 18.2 Å². The van der Waals surface area contributed by atoms with Gasteiger partial charge in [-0.2, -0.15) is 0 Å². The second kappa shape index (κ2) is 4.53. The highest BCUT2D eigenvalue weighted by molar-refractivity contribution is 9.10. The number of alkyl halides is 4. The van der Waals surface area contributed by atoms with Gasteiger partial charge in [-0.1, -0.05) is 6.07 Å². The molecule has 0 saturated heterocycles. The lowest BCUT2D eigenvalue weighted by Gasteiger charge is -2.19. The van der Waals surface area contributed by atoms with Crippen molar-refractivity contribution in [2.45, 2.75) is 24.7 Å². The summed E-state index contributed by atoms with van der Waals surface area (Å²) in [5, 5.41) is 0. The third-order valence-electron chi connectivity index (χ3n) is 1.40. The van der Waals surface area contributed by atoms with Gasteiger partial charge >= 0.3 is 6.36 Å². The molecule has 0 saturated carbocycles. The lowest BCUT2D eigenvalue weighted by atomic mass is 10.3. The number of ether oxygens (including phenoxy) is 2. The summed E-state index contributed by atoms with van der Waals surface area (Å²) in [4.78, 5) is 0. The van der Waals surface area contributed by atoms with Crippen LogP contribution in [0.5, 0.6) is 11.5 Å². The molecule has 1 aromatic carbocycles. The molecule has 0 fully saturated rings. The molecule has 0 N–H and O–H groups in total. The van der Waals surface area contributed by atoms with E-state index in [0.29, 0.717) is 5.75 Å². The highest BCUT2D eigenvalue weighted by atomic mass is 79.9. The monoisotopic (exact) mass is 298 g/mol. The van der Waals surface area contributed by atoms with Gasteiger partial charge in [-0.3, -0.25) is 0 Å². The topological polar surface area (TPSA) is 18.5 Å². The molecule has 6 heteroatoms. The smallest absolute Gasteiger partial charge is 0.477 e. The fraction of sp³-hybridized carbons (Fsp3) is 0.400. The molecule has 0 spiro atoms. The van der Waals surface area contributed by atoms with Crippen LogP contribution in [0, 0.1) is 0 Å². The van der Waals surface area contributed by atoms with Gasteiger partial charge in [-0.15, -0.1) is 13.2 Å². The second-order valence-corrected chi connectivity index (χ2v) is 5.40. The molecule has 16 heavy (non-hydrogen) atoms. The Hall–Kier alpha value is -0.910. The Morgan fingerprint density at radius 1 is 1.06 bits per heavy atom. The van der Waals surface area contributed by atoms with Crippen LogP contribution in [0.1, 0.15) is 13.8 Å².